The Kier molecular flexibility index (Phi) is 3.19. The third kappa shape index (κ3) is 2.21. The van der Waals surface area contributed by atoms with Crippen molar-refractivity contribution in [3.8, 4) is 0 Å². The lowest BCUT2D eigenvalue weighted by molar-refractivity contribution is -0.130. The highest BCUT2D eigenvalue weighted by molar-refractivity contribution is 7.11. The minimum Gasteiger partial charge on any atom is -0.339 e. The molecule has 0 atom stereocenters. The molecule has 0 aromatic carbocycles. The van der Waals surface area contributed by atoms with E-state index < -0.39 is 0 Å². The van der Waals surface area contributed by atoms with E-state index in [1.54, 1.807) is 28.4 Å². The Labute approximate surface area is 97.7 Å². The first-order valence-electron chi connectivity index (χ1n) is 5.12. The minimum atomic E-state index is 0.0192. The van der Waals surface area contributed by atoms with Gasteiger partial charge in [-0.15, -0.1) is 11.3 Å². The van der Waals surface area contributed by atoms with Crippen molar-refractivity contribution in [1.29, 1.82) is 0 Å². The Morgan fingerprint density at radius 2 is 1.88 bits per heavy atom. The summed E-state index contributed by atoms with van der Waals surface area (Å²) in [5.41, 5.74) is 1.65. The third-order valence-electron chi connectivity index (χ3n) is 2.66. The van der Waals surface area contributed by atoms with Crippen molar-refractivity contribution in [3.63, 3.8) is 0 Å². The van der Waals surface area contributed by atoms with Crippen LogP contribution >= 0.6 is 11.3 Å². The first-order valence-corrected chi connectivity index (χ1v) is 5.99. The summed E-state index contributed by atoms with van der Waals surface area (Å²) < 4.78 is 0. The lowest BCUT2D eigenvalue weighted by Gasteiger charge is -2.33. The molecule has 2 rings (SSSR count). The van der Waals surface area contributed by atoms with Crippen LogP contribution in [-0.4, -0.2) is 52.8 Å². The monoisotopic (exact) mass is 239 g/mol. The molecule has 5 nitrogen and oxygen atoms in total. The summed E-state index contributed by atoms with van der Waals surface area (Å²) >= 11 is 1.35. The van der Waals surface area contributed by atoms with E-state index in [1.807, 2.05) is 0 Å². The predicted octanol–water partition coefficient (Wildman–Crippen LogP) is 0.447. The lowest BCUT2D eigenvalue weighted by atomic mass is 10.3. The van der Waals surface area contributed by atoms with Gasteiger partial charge in [-0.25, -0.2) is 0 Å². The molecule has 2 amide bonds. The third-order valence-corrected chi connectivity index (χ3v) is 3.42. The zero-order valence-corrected chi connectivity index (χ0v) is 9.87. The maximum absolute atomic E-state index is 11.9. The van der Waals surface area contributed by atoms with Crippen molar-refractivity contribution >= 4 is 23.2 Å². The van der Waals surface area contributed by atoms with Gasteiger partial charge in [0.1, 0.15) is 4.88 Å². The number of piperazine rings is 1. The van der Waals surface area contributed by atoms with E-state index in [0.29, 0.717) is 31.1 Å². The van der Waals surface area contributed by atoms with E-state index in [0.717, 1.165) is 0 Å². The second kappa shape index (κ2) is 4.61. The summed E-state index contributed by atoms with van der Waals surface area (Å²) in [6.45, 7) is 4.02. The van der Waals surface area contributed by atoms with Gasteiger partial charge in [-0.05, 0) is 0 Å². The number of hydrogen-bond acceptors (Lipinski definition) is 4. The van der Waals surface area contributed by atoms with Gasteiger partial charge in [-0.2, -0.15) is 0 Å². The normalized spacial score (nSPS) is 16.3. The number of rotatable bonds is 1. The van der Waals surface area contributed by atoms with E-state index in [9.17, 15) is 9.59 Å². The summed E-state index contributed by atoms with van der Waals surface area (Å²) in [7, 11) is 0. The summed E-state index contributed by atoms with van der Waals surface area (Å²) in [6, 6.07) is 0. The van der Waals surface area contributed by atoms with Gasteiger partial charge in [0, 0.05) is 33.1 Å². The lowest BCUT2D eigenvalue weighted by Crippen LogP contribution is -2.49. The molecule has 86 valence electrons. The molecule has 0 saturated carbocycles. The fourth-order valence-electron chi connectivity index (χ4n) is 1.70. The first kappa shape index (κ1) is 11.1. The number of carbonyl (C=O) groups excluding carboxylic acids is 2. The molecule has 0 aliphatic carbocycles. The number of aromatic nitrogens is 1. The summed E-state index contributed by atoms with van der Waals surface area (Å²) in [6.07, 6.45) is 1.59. The molecule has 1 fully saturated rings. The average molecular weight is 239 g/mol. The van der Waals surface area contributed by atoms with Crippen LogP contribution in [0, 0.1) is 0 Å². The van der Waals surface area contributed by atoms with Crippen molar-refractivity contribution in [3.05, 3.63) is 16.6 Å². The standard InChI is InChI=1S/C10H13N3O2S/c1-8(14)12-2-4-13(5-3-12)10(15)9-6-11-7-16-9/h6-7H,2-5H2,1H3. The molecule has 16 heavy (non-hydrogen) atoms. The summed E-state index contributed by atoms with van der Waals surface area (Å²) in [5, 5.41) is 0. The van der Waals surface area contributed by atoms with Gasteiger partial charge in [0.25, 0.3) is 5.91 Å². The van der Waals surface area contributed by atoms with Crippen LogP contribution in [-0.2, 0) is 4.79 Å². The van der Waals surface area contributed by atoms with Crippen molar-refractivity contribution in [2.45, 2.75) is 6.92 Å². The molecule has 1 aliphatic heterocycles. The van der Waals surface area contributed by atoms with E-state index in [4.69, 9.17) is 0 Å². The Bertz CT molecular complexity index is 383. The van der Waals surface area contributed by atoms with Crippen molar-refractivity contribution < 1.29 is 9.59 Å². The molecule has 1 aliphatic rings. The Morgan fingerprint density at radius 3 is 2.38 bits per heavy atom. The topological polar surface area (TPSA) is 53.5 Å². The van der Waals surface area contributed by atoms with Gasteiger partial charge in [0.15, 0.2) is 0 Å². The van der Waals surface area contributed by atoms with Crippen LogP contribution in [0.5, 0.6) is 0 Å². The van der Waals surface area contributed by atoms with Crippen LogP contribution in [0.15, 0.2) is 11.7 Å². The molecule has 0 spiro atoms. The van der Waals surface area contributed by atoms with Crippen molar-refractivity contribution in [2.24, 2.45) is 0 Å². The van der Waals surface area contributed by atoms with Gasteiger partial charge >= 0.3 is 0 Å². The van der Waals surface area contributed by atoms with Gasteiger partial charge < -0.3 is 9.80 Å². The van der Waals surface area contributed by atoms with E-state index in [1.165, 1.54) is 11.3 Å². The molecule has 0 unspecified atom stereocenters. The number of amides is 2. The fourth-order valence-corrected chi connectivity index (χ4v) is 2.29. The number of hydrogen-bond donors (Lipinski definition) is 0. The second-order valence-electron chi connectivity index (χ2n) is 3.66. The fraction of sp³-hybridized carbons (Fsp3) is 0.500. The molecule has 1 aromatic rings. The number of nitrogens with zero attached hydrogens (tertiary/aromatic N) is 3. The van der Waals surface area contributed by atoms with Crippen LogP contribution < -0.4 is 0 Å². The maximum Gasteiger partial charge on any atom is 0.265 e. The molecular formula is C10H13N3O2S. The smallest absolute Gasteiger partial charge is 0.265 e. The zero-order chi connectivity index (χ0) is 11.5. The van der Waals surface area contributed by atoms with Gasteiger partial charge in [0.05, 0.1) is 11.7 Å². The SMILES string of the molecule is CC(=O)N1CCN(C(=O)c2cncs2)CC1. The van der Waals surface area contributed by atoms with E-state index in [-0.39, 0.29) is 11.8 Å². The summed E-state index contributed by atoms with van der Waals surface area (Å²) in [4.78, 5) is 31.1. The first-order chi connectivity index (χ1) is 7.68. The minimum absolute atomic E-state index is 0.0192. The van der Waals surface area contributed by atoms with Gasteiger partial charge in [-0.1, -0.05) is 0 Å². The van der Waals surface area contributed by atoms with Crippen molar-refractivity contribution in [1.82, 2.24) is 14.8 Å². The average Bonchev–Trinajstić information content (AvgIpc) is 2.81. The number of thiazole rings is 1. The molecular weight excluding hydrogens is 226 g/mol. The Balaban J connectivity index is 1.94. The van der Waals surface area contributed by atoms with Gasteiger partial charge in [0.2, 0.25) is 5.91 Å². The highest BCUT2D eigenvalue weighted by Crippen LogP contribution is 2.12. The maximum atomic E-state index is 11.9. The quantitative estimate of drug-likeness (QED) is 0.715. The molecule has 2 heterocycles. The Hall–Kier alpha value is -1.43. The molecule has 6 heteroatoms. The molecule has 0 radical (unpaired) electrons. The van der Waals surface area contributed by atoms with Crippen LogP contribution in [0.3, 0.4) is 0 Å². The van der Waals surface area contributed by atoms with Crippen LogP contribution in [0.25, 0.3) is 0 Å². The molecule has 0 bridgehead atoms. The zero-order valence-electron chi connectivity index (χ0n) is 9.05. The largest absolute Gasteiger partial charge is 0.339 e. The van der Waals surface area contributed by atoms with Crippen LogP contribution in [0.2, 0.25) is 0 Å². The highest BCUT2D eigenvalue weighted by atomic mass is 32.1. The van der Waals surface area contributed by atoms with Gasteiger partial charge in [-0.3, -0.25) is 14.6 Å². The molecule has 1 aromatic heterocycles. The second-order valence-corrected chi connectivity index (χ2v) is 4.55. The Morgan fingerprint density at radius 1 is 1.25 bits per heavy atom. The molecule has 0 N–H and O–H groups in total. The van der Waals surface area contributed by atoms with Crippen LogP contribution in [0.4, 0.5) is 0 Å². The predicted molar refractivity (Wildman–Crippen MR) is 60.3 cm³/mol. The highest BCUT2D eigenvalue weighted by Gasteiger charge is 2.23. The summed E-state index contributed by atoms with van der Waals surface area (Å²) in [5.74, 6) is 0.0931. The molecule has 1 saturated heterocycles. The van der Waals surface area contributed by atoms with E-state index in [2.05, 4.69) is 4.98 Å². The van der Waals surface area contributed by atoms with Crippen molar-refractivity contribution in [2.75, 3.05) is 26.2 Å². The number of carbonyl (C=O) groups is 2. The van der Waals surface area contributed by atoms with E-state index >= 15 is 0 Å². The van der Waals surface area contributed by atoms with Crippen LogP contribution in [0.1, 0.15) is 16.6 Å².